The van der Waals surface area contributed by atoms with Gasteiger partial charge in [0.1, 0.15) is 8.07 Å². The minimum Gasteiger partial charge on any atom is -0.0616 e. The molecule has 0 saturated heterocycles. The fourth-order valence-corrected chi connectivity index (χ4v) is 7.26. The fraction of sp³-hybridized carbons (Fsp3) is 0.0833. The van der Waals surface area contributed by atoms with Crippen LogP contribution in [0.3, 0.4) is 0 Å². The van der Waals surface area contributed by atoms with Crippen LogP contribution in [0.4, 0.5) is 0 Å². The molecule has 5 aromatic carbocycles. The lowest BCUT2D eigenvalue weighted by atomic mass is 9.94. The SMILES string of the molecule is C[Si](C)(c1ccc(Br)cc1)c1ccc2ccc3cccc4ccc1c2c34. The zero-order chi connectivity index (χ0) is 17.9. The minimum atomic E-state index is -1.79. The lowest BCUT2D eigenvalue weighted by molar-refractivity contribution is 1.66. The maximum atomic E-state index is 3.57. The molecule has 26 heavy (non-hydrogen) atoms. The number of rotatable bonds is 2. The predicted molar refractivity (Wildman–Crippen MR) is 121 cm³/mol. The minimum absolute atomic E-state index is 1.14. The summed E-state index contributed by atoms with van der Waals surface area (Å²) in [5.41, 5.74) is 0. The molecule has 0 amide bonds. The Labute approximate surface area is 162 Å². The highest BCUT2D eigenvalue weighted by Gasteiger charge is 2.28. The molecule has 0 atom stereocenters. The summed E-state index contributed by atoms with van der Waals surface area (Å²) >= 11 is 3.57. The number of halogens is 1. The molecule has 0 spiro atoms. The lowest BCUT2D eigenvalue weighted by Crippen LogP contribution is -2.53. The molecule has 0 nitrogen and oxygen atoms in total. The van der Waals surface area contributed by atoms with Gasteiger partial charge in [-0.3, -0.25) is 0 Å². The average Bonchev–Trinajstić information content (AvgIpc) is 2.66. The van der Waals surface area contributed by atoms with Gasteiger partial charge < -0.3 is 0 Å². The third kappa shape index (κ3) is 2.26. The van der Waals surface area contributed by atoms with Crippen molar-refractivity contribution in [3.8, 4) is 0 Å². The second-order valence-electron chi connectivity index (χ2n) is 7.60. The van der Waals surface area contributed by atoms with Crippen LogP contribution in [0.1, 0.15) is 0 Å². The van der Waals surface area contributed by atoms with Crippen molar-refractivity contribution in [3.63, 3.8) is 0 Å². The van der Waals surface area contributed by atoms with Gasteiger partial charge in [-0.15, -0.1) is 0 Å². The van der Waals surface area contributed by atoms with Crippen LogP contribution >= 0.6 is 15.9 Å². The van der Waals surface area contributed by atoms with Gasteiger partial charge in [-0.2, -0.15) is 0 Å². The van der Waals surface area contributed by atoms with Crippen molar-refractivity contribution >= 4 is 66.7 Å². The Morgan fingerprint density at radius 2 is 1.19 bits per heavy atom. The Bertz CT molecular complexity index is 1240. The van der Waals surface area contributed by atoms with Crippen molar-refractivity contribution in [1.82, 2.24) is 0 Å². The summed E-state index contributed by atoms with van der Waals surface area (Å²) in [6.45, 7) is 4.92. The number of hydrogen-bond acceptors (Lipinski definition) is 0. The summed E-state index contributed by atoms with van der Waals surface area (Å²) in [4.78, 5) is 0. The summed E-state index contributed by atoms with van der Waals surface area (Å²) < 4.78 is 1.14. The Balaban J connectivity index is 1.87. The molecular formula is C24H19BrSi. The van der Waals surface area contributed by atoms with E-state index in [4.69, 9.17) is 0 Å². The first kappa shape index (κ1) is 16.0. The summed E-state index contributed by atoms with van der Waals surface area (Å²) in [6.07, 6.45) is 0. The van der Waals surface area contributed by atoms with Gasteiger partial charge in [-0.25, -0.2) is 0 Å². The zero-order valence-electron chi connectivity index (χ0n) is 14.9. The van der Waals surface area contributed by atoms with Crippen molar-refractivity contribution in [3.05, 3.63) is 83.3 Å². The van der Waals surface area contributed by atoms with E-state index in [-0.39, 0.29) is 0 Å². The Morgan fingerprint density at radius 3 is 1.88 bits per heavy atom. The van der Waals surface area contributed by atoms with E-state index in [1.165, 1.54) is 42.7 Å². The van der Waals surface area contributed by atoms with Gasteiger partial charge >= 0.3 is 0 Å². The van der Waals surface area contributed by atoms with Crippen LogP contribution in [0.2, 0.25) is 13.1 Å². The average molecular weight is 415 g/mol. The third-order valence-corrected chi connectivity index (χ3v) is 9.86. The van der Waals surface area contributed by atoms with Crippen molar-refractivity contribution < 1.29 is 0 Å². The Morgan fingerprint density at radius 1 is 0.615 bits per heavy atom. The van der Waals surface area contributed by atoms with Crippen LogP contribution in [0.25, 0.3) is 32.3 Å². The summed E-state index contributed by atoms with van der Waals surface area (Å²) in [5, 5.41) is 11.3. The Hall–Kier alpha value is -2.16. The van der Waals surface area contributed by atoms with E-state index < -0.39 is 8.07 Å². The smallest absolute Gasteiger partial charge is 0.0616 e. The van der Waals surface area contributed by atoms with Crippen LogP contribution in [-0.2, 0) is 0 Å². The maximum Gasteiger partial charge on any atom is 0.113 e. The maximum absolute atomic E-state index is 3.57. The molecule has 5 aromatic rings. The van der Waals surface area contributed by atoms with E-state index in [1.54, 1.807) is 0 Å². The molecule has 0 saturated carbocycles. The highest BCUT2D eigenvalue weighted by molar-refractivity contribution is 9.10. The molecule has 2 heteroatoms. The monoisotopic (exact) mass is 414 g/mol. The number of hydrogen-bond donors (Lipinski definition) is 0. The normalized spacial score (nSPS) is 12.4. The molecule has 126 valence electrons. The van der Waals surface area contributed by atoms with E-state index in [0.717, 1.165) is 4.47 Å². The summed E-state index contributed by atoms with van der Waals surface area (Å²) in [6, 6.07) is 29.4. The summed E-state index contributed by atoms with van der Waals surface area (Å²) in [5.74, 6) is 0. The molecule has 0 heterocycles. The Kier molecular flexibility index (Phi) is 3.50. The van der Waals surface area contributed by atoms with Gasteiger partial charge in [0.25, 0.3) is 0 Å². The van der Waals surface area contributed by atoms with Crippen LogP contribution in [-0.4, -0.2) is 8.07 Å². The standard InChI is InChI=1S/C24H19BrSi/c1-26(2,20-12-10-19(25)11-13-20)22-15-9-18-7-6-16-4-3-5-17-8-14-21(22)24(18)23(16)17/h3-15H,1-2H3. The van der Waals surface area contributed by atoms with Gasteiger partial charge in [-0.1, -0.05) is 101 Å². The lowest BCUT2D eigenvalue weighted by Gasteiger charge is -2.26. The molecule has 0 radical (unpaired) electrons. The number of benzene rings is 5. The third-order valence-electron chi connectivity index (χ3n) is 5.77. The van der Waals surface area contributed by atoms with Crippen LogP contribution in [0.15, 0.2) is 83.3 Å². The largest absolute Gasteiger partial charge is 0.113 e. The zero-order valence-corrected chi connectivity index (χ0v) is 17.5. The summed E-state index contributed by atoms with van der Waals surface area (Å²) in [7, 11) is -1.79. The highest BCUT2D eigenvalue weighted by Crippen LogP contribution is 2.34. The molecule has 0 aliphatic heterocycles. The van der Waals surface area contributed by atoms with Crippen LogP contribution < -0.4 is 10.4 Å². The second kappa shape index (κ2) is 5.67. The van der Waals surface area contributed by atoms with E-state index in [0.29, 0.717) is 0 Å². The molecule has 0 aliphatic rings. The van der Waals surface area contributed by atoms with E-state index >= 15 is 0 Å². The van der Waals surface area contributed by atoms with Crippen molar-refractivity contribution in [2.75, 3.05) is 0 Å². The van der Waals surface area contributed by atoms with Crippen LogP contribution in [0.5, 0.6) is 0 Å². The van der Waals surface area contributed by atoms with Gasteiger partial charge in [-0.05, 0) is 49.6 Å². The molecule has 0 aliphatic carbocycles. The van der Waals surface area contributed by atoms with Crippen LogP contribution in [0, 0.1) is 0 Å². The van der Waals surface area contributed by atoms with Gasteiger partial charge in [0.05, 0.1) is 0 Å². The van der Waals surface area contributed by atoms with Gasteiger partial charge in [0.2, 0.25) is 0 Å². The molecule has 0 fully saturated rings. The molecule has 0 aromatic heterocycles. The first-order valence-corrected chi connectivity index (χ1v) is 12.8. The molecule has 5 rings (SSSR count). The van der Waals surface area contributed by atoms with E-state index in [2.05, 4.69) is 108 Å². The molecule has 0 N–H and O–H groups in total. The predicted octanol–water partition coefficient (Wildman–Crippen LogP) is 6.17. The van der Waals surface area contributed by atoms with E-state index in [9.17, 15) is 0 Å². The molecule has 0 bridgehead atoms. The molecule has 0 unspecified atom stereocenters. The molecular weight excluding hydrogens is 396 g/mol. The quantitative estimate of drug-likeness (QED) is 0.239. The topological polar surface area (TPSA) is 0 Å². The fourth-order valence-electron chi connectivity index (χ4n) is 4.30. The van der Waals surface area contributed by atoms with E-state index in [1.807, 2.05) is 0 Å². The van der Waals surface area contributed by atoms with Gasteiger partial charge in [0.15, 0.2) is 0 Å². The van der Waals surface area contributed by atoms with Crippen molar-refractivity contribution in [2.24, 2.45) is 0 Å². The van der Waals surface area contributed by atoms with Crippen molar-refractivity contribution in [1.29, 1.82) is 0 Å². The highest BCUT2D eigenvalue weighted by atomic mass is 79.9. The first-order valence-electron chi connectivity index (χ1n) is 8.99. The second-order valence-corrected chi connectivity index (χ2v) is 12.9. The first-order chi connectivity index (χ1) is 12.6. The van der Waals surface area contributed by atoms with Crippen molar-refractivity contribution in [2.45, 2.75) is 13.1 Å². The van der Waals surface area contributed by atoms with Gasteiger partial charge in [0, 0.05) is 4.47 Å².